The van der Waals surface area contributed by atoms with Crippen molar-refractivity contribution in [3.05, 3.63) is 35.4 Å². The van der Waals surface area contributed by atoms with E-state index in [0.29, 0.717) is 6.42 Å². The van der Waals surface area contributed by atoms with Crippen LogP contribution in [0.25, 0.3) is 0 Å². The summed E-state index contributed by atoms with van der Waals surface area (Å²) in [5, 5.41) is 12.4. The van der Waals surface area contributed by atoms with Gasteiger partial charge in [0.15, 0.2) is 6.10 Å². The molecule has 24 heavy (non-hydrogen) atoms. The second-order valence-corrected chi connectivity index (χ2v) is 5.42. The van der Waals surface area contributed by atoms with Crippen LogP contribution in [0.5, 0.6) is 0 Å². The Morgan fingerprint density at radius 2 is 1.79 bits per heavy atom. The van der Waals surface area contributed by atoms with Gasteiger partial charge >= 0.3 is 12.1 Å². The number of esters is 1. The molecular formula is C16H20F3NO4. The van der Waals surface area contributed by atoms with Gasteiger partial charge in [0.05, 0.1) is 12.7 Å². The first-order valence-electron chi connectivity index (χ1n) is 7.35. The lowest BCUT2D eigenvalue weighted by molar-refractivity contribution is -0.148. The van der Waals surface area contributed by atoms with Crippen molar-refractivity contribution >= 4 is 11.9 Å². The SMILES string of the molecule is CC[C@H](C)[C@H](NC(=O)[C@@H](O)c1ccc(C(F)(F)F)cc1)C(=O)OC. The van der Waals surface area contributed by atoms with Crippen LogP contribution in [-0.4, -0.2) is 30.1 Å². The molecule has 0 saturated carbocycles. The first kappa shape index (κ1) is 20.0. The average molecular weight is 347 g/mol. The fraction of sp³-hybridized carbons (Fsp3) is 0.500. The molecule has 0 heterocycles. The van der Waals surface area contributed by atoms with Gasteiger partial charge < -0.3 is 15.2 Å². The second-order valence-electron chi connectivity index (χ2n) is 5.42. The number of aliphatic hydroxyl groups is 1. The van der Waals surface area contributed by atoms with Crippen molar-refractivity contribution in [2.45, 2.75) is 38.6 Å². The zero-order chi connectivity index (χ0) is 18.5. The molecule has 2 N–H and O–H groups in total. The van der Waals surface area contributed by atoms with E-state index < -0.39 is 35.8 Å². The van der Waals surface area contributed by atoms with Gasteiger partial charge in [-0.25, -0.2) is 4.79 Å². The number of alkyl halides is 3. The van der Waals surface area contributed by atoms with E-state index in [1.165, 1.54) is 7.11 Å². The minimum Gasteiger partial charge on any atom is -0.467 e. The van der Waals surface area contributed by atoms with E-state index in [1.54, 1.807) is 6.92 Å². The Balaban J connectivity index is 2.88. The van der Waals surface area contributed by atoms with Crippen LogP contribution in [0.4, 0.5) is 13.2 Å². The predicted octanol–water partition coefficient (Wildman–Crippen LogP) is 2.44. The number of aliphatic hydroxyl groups excluding tert-OH is 1. The predicted molar refractivity (Wildman–Crippen MR) is 79.8 cm³/mol. The van der Waals surface area contributed by atoms with Crippen LogP contribution in [0, 0.1) is 5.92 Å². The lowest BCUT2D eigenvalue weighted by Crippen LogP contribution is -2.47. The van der Waals surface area contributed by atoms with Crippen LogP contribution in [0.1, 0.15) is 37.5 Å². The largest absolute Gasteiger partial charge is 0.467 e. The van der Waals surface area contributed by atoms with E-state index in [2.05, 4.69) is 10.1 Å². The highest BCUT2D eigenvalue weighted by Gasteiger charge is 2.32. The van der Waals surface area contributed by atoms with Crippen LogP contribution in [-0.2, 0) is 20.5 Å². The summed E-state index contributed by atoms with van der Waals surface area (Å²) in [4.78, 5) is 23.8. The summed E-state index contributed by atoms with van der Waals surface area (Å²) >= 11 is 0. The number of methoxy groups -OCH3 is 1. The number of benzene rings is 1. The third-order valence-corrected chi connectivity index (χ3v) is 3.77. The molecule has 3 atom stereocenters. The van der Waals surface area contributed by atoms with Gasteiger partial charge in [0.1, 0.15) is 6.04 Å². The quantitative estimate of drug-likeness (QED) is 0.775. The van der Waals surface area contributed by atoms with Gasteiger partial charge in [-0.15, -0.1) is 0 Å². The third-order valence-electron chi connectivity index (χ3n) is 3.77. The van der Waals surface area contributed by atoms with Gasteiger partial charge in [0, 0.05) is 0 Å². The zero-order valence-electron chi connectivity index (χ0n) is 13.6. The Labute approximate surface area is 137 Å². The fourth-order valence-electron chi connectivity index (χ4n) is 2.03. The summed E-state index contributed by atoms with van der Waals surface area (Å²) in [5.74, 6) is -1.77. The van der Waals surface area contributed by atoms with Crippen molar-refractivity contribution in [3.63, 3.8) is 0 Å². The highest BCUT2D eigenvalue weighted by molar-refractivity contribution is 5.87. The monoisotopic (exact) mass is 347 g/mol. The molecule has 0 spiro atoms. The maximum absolute atomic E-state index is 12.5. The van der Waals surface area contributed by atoms with E-state index >= 15 is 0 Å². The first-order valence-corrected chi connectivity index (χ1v) is 7.35. The van der Waals surface area contributed by atoms with Crippen LogP contribution >= 0.6 is 0 Å². The summed E-state index contributed by atoms with van der Waals surface area (Å²) in [6.45, 7) is 3.55. The van der Waals surface area contributed by atoms with Crippen LogP contribution < -0.4 is 5.32 Å². The molecule has 0 aliphatic rings. The Bertz CT molecular complexity index is 572. The van der Waals surface area contributed by atoms with Crippen molar-refractivity contribution in [2.24, 2.45) is 5.92 Å². The molecule has 0 bridgehead atoms. The van der Waals surface area contributed by atoms with E-state index in [4.69, 9.17) is 0 Å². The molecule has 8 heteroatoms. The van der Waals surface area contributed by atoms with Crippen molar-refractivity contribution in [2.75, 3.05) is 7.11 Å². The van der Waals surface area contributed by atoms with Gasteiger partial charge in [-0.1, -0.05) is 32.4 Å². The van der Waals surface area contributed by atoms with Gasteiger partial charge in [-0.05, 0) is 23.6 Å². The maximum atomic E-state index is 12.5. The molecule has 0 fully saturated rings. The van der Waals surface area contributed by atoms with E-state index in [9.17, 15) is 27.9 Å². The normalized spacial score (nSPS) is 15.3. The number of hydrogen-bond acceptors (Lipinski definition) is 4. The standard InChI is InChI=1S/C16H20F3NO4/c1-4-9(2)12(15(23)24-3)20-14(22)13(21)10-5-7-11(8-6-10)16(17,18)19/h5-9,12-13,21H,4H2,1-3H3,(H,20,22)/t9-,12-,13-/m0/s1. The molecule has 1 amide bonds. The molecule has 1 aromatic rings. The average Bonchev–Trinajstić information content (AvgIpc) is 2.56. The first-order chi connectivity index (χ1) is 11.1. The molecule has 134 valence electrons. The highest BCUT2D eigenvalue weighted by atomic mass is 19.4. The highest BCUT2D eigenvalue weighted by Crippen LogP contribution is 2.30. The number of nitrogens with one attached hydrogen (secondary N) is 1. The topological polar surface area (TPSA) is 75.6 Å². The number of rotatable bonds is 6. The lowest BCUT2D eigenvalue weighted by atomic mass is 9.98. The van der Waals surface area contributed by atoms with E-state index in [1.807, 2.05) is 6.92 Å². The lowest BCUT2D eigenvalue weighted by Gasteiger charge is -2.23. The molecule has 5 nitrogen and oxygen atoms in total. The Morgan fingerprint density at radius 1 is 1.25 bits per heavy atom. The molecule has 0 aromatic heterocycles. The number of hydrogen-bond donors (Lipinski definition) is 2. The number of carbonyl (C=O) groups excluding carboxylic acids is 2. The van der Waals surface area contributed by atoms with Crippen LogP contribution in [0.15, 0.2) is 24.3 Å². The molecule has 0 unspecified atom stereocenters. The van der Waals surface area contributed by atoms with Crippen molar-refractivity contribution < 1.29 is 32.6 Å². The number of carbonyl (C=O) groups is 2. The molecular weight excluding hydrogens is 327 g/mol. The Morgan fingerprint density at radius 3 is 2.21 bits per heavy atom. The summed E-state index contributed by atoms with van der Waals surface area (Å²) in [5.41, 5.74) is -0.890. The summed E-state index contributed by atoms with van der Waals surface area (Å²) in [6.07, 6.45) is -5.61. The molecule has 0 radical (unpaired) electrons. The Hall–Kier alpha value is -2.09. The minimum atomic E-state index is -4.50. The molecule has 0 aliphatic carbocycles. The van der Waals surface area contributed by atoms with Crippen LogP contribution in [0.2, 0.25) is 0 Å². The van der Waals surface area contributed by atoms with Gasteiger partial charge in [-0.2, -0.15) is 13.2 Å². The number of amides is 1. The van der Waals surface area contributed by atoms with Crippen LogP contribution in [0.3, 0.4) is 0 Å². The molecule has 1 aromatic carbocycles. The van der Waals surface area contributed by atoms with E-state index in [0.717, 1.165) is 24.3 Å². The molecule has 1 rings (SSSR count). The molecule has 0 aliphatic heterocycles. The summed E-state index contributed by atoms with van der Waals surface area (Å²) in [7, 11) is 1.18. The van der Waals surface area contributed by atoms with Crippen molar-refractivity contribution in [3.8, 4) is 0 Å². The second kappa shape index (κ2) is 8.14. The number of ether oxygens (including phenoxy) is 1. The van der Waals surface area contributed by atoms with E-state index in [-0.39, 0.29) is 11.5 Å². The summed E-state index contributed by atoms with van der Waals surface area (Å²) in [6, 6.07) is 2.64. The van der Waals surface area contributed by atoms with Crippen molar-refractivity contribution in [1.82, 2.24) is 5.32 Å². The molecule has 0 saturated heterocycles. The maximum Gasteiger partial charge on any atom is 0.416 e. The van der Waals surface area contributed by atoms with Gasteiger partial charge in [-0.3, -0.25) is 4.79 Å². The number of halogens is 3. The Kier molecular flexibility index (Phi) is 6.77. The third kappa shape index (κ3) is 4.95. The van der Waals surface area contributed by atoms with Gasteiger partial charge in [0.2, 0.25) is 0 Å². The van der Waals surface area contributed by atoms with Gasteiger partial charge in [0.25, 0.3) is 5.91 Å². The summed E-state index contributed by atoms with van der Waals surface area (Å²) < 4.78 is 42.2. The zero-order valence-corrected chi connectivity index (χ0v) is 13.6. The fourth-order valence-corrected chi connectivity index (χ4v) is 2.03. The minimum absolute atomic E-state index is 0.00623. The smallest absolute Gasteiger partial charge is 0.416 e. The van der Waals surface area contributed by atoms with Crippen molar-refractivity contribution in [1.29, 1.82) is 0 Å².